The van der Waals surface area contributed by atoms with E-state index in [4.69, 9.17) is 0 Å². The van der Waals surface area contributed by atoms with Gasteiger partial charge < -0.3 is 10.6 Å². The second kappa shape index (κ2) is 7.23. The van der Waals surface area contributed by atoms with Crippen LogP contribution in [0.2, 0.25) is 0 Å². The minimum atomic E-state index is -0.327. The summed E-state index contributed by atoms with van der Waals surface area (Å²) in [5.41, 5.74) is 3.12. The SMILES string of the molecule is CCc1ccc(C2C(C(=O)Nc3ccccc3)C(C)Nc3ncnn32)cc1. The topological polar surface area (TPSA) is 71.8 Å². The molecule has 1 aliphatic rings. The molecule has 0 saturated heterocycles. The van der Waals surface area contributed by atoms with Crippen LogP contribution >= 0.6 is 0 Å². The maximum Gasteiger partial charge on any atom is 0.232 e. The van der Waals surface area contributed by atoms with Gasteiger partial charge in [-0.2, -0.15) is 10.1 Å². The molecular formula is C21H23N5O. The molecule has 0 saturated carbocycles. The lowest BCUT2D eigenvalue weighted by Gasteiger charge is -2.37. The first-order valence-electron chi connectivity index (χ1n) is 9.28. The van der Waals surface area contributed by atoms with Gasteiger partial charge in [-0.1, -0.05) is 49.4 Å². The smallest absolute Gasteiger partial charge is 0.232 e. The number of nitrogens with zero attached hydrogens (tertiary/aromatic N) is 3. The molecule has 0 bridgehead atoms. The maximum absolute atomic E-state index is 13.2. The van der Waals surface area contributed by atoms with Crippen molar-refractivity contribution in [3.63, 3.8) is 0 Å². The van der Waals surface area contributed by atoms with Gasteiger partial charge in [-0.3, -0.25) is 4.79 Å². The molecule has 1 aromatic heterocycles. The summed E-state index contributed by atoms with van der Waals surface area (Å²) in [6.07, 6.45) is 2.51. The molecule has 1 aliphatic heterocycles. The van der Waals surface area contributed by atoms with Gasteiger partial charge in [0.25, 0.3) is 0 Å². The summed E-state index contributed by atoms with van der Waals surface area (Å²) in [5.74, 6) is 0.328. The Balaban J connectivity index is 1.71. The van der Waals surface area contributed by atoms with E-state index in [2.05, 4.69) is 51.9 Å². The fourth-order valence-corrected chi connectivity index (χ4v) is 3.69. The molecule has 0 aliphatic carbocycles. The Morgan fingerprint density at radius 3 is 2.59 bits per heavy atom. The van der Waals surface area contributed by atoms with Gasteiger partial charge in [0.2, 0.25) is 11.9 Å². The number of benzene rings is 2. The summed E-state index contributed by atoms with van der Waals surface area (Å²) in [7, 11) is 0. The molecule has 138 valence electrons. The first kappa shape index (κ1) is 17.3. The van der Waals surface area contributed by atoms with Gasteiger partial charge in [0.1, 0.15) is 6.33 Å². The van der Waals surface area contributed by atoms with Gasteiger partial charge in [0.15, 0.2) is 0 Å². The van der Waals surface area contributed by atoms with Crippen molar-refractivity contribution >= 4 is 17.5 Å². The van der Waals surface area contributed by atoms with Crippen molar-refractivity contribution in [1.82, 2.24) is 14.8 Å². The Bertz CT molecular complexity index is 919. The van der Waals surface area contributed by atoms with E-state index in [-0.39, 0.29) is 23.9 Å². The number of carbonyl (C=O) groups is 1. The largest absolute Gasteiger partial charge is 0.351 e. The zero-order valence-electron chi connectivity index (χ0n) is 15.5. The second-order valence-corrected chi connectivity index (χ2v) is 6.88. The number of carbonyl (C=O) groups excluding carboxylic acids is 1. The fourth-order valence-electron chi connectivity index (χ4n) is 3.69. The molecule has 1 amide bonds. The number of hydrogen-bond acceptors (Lipinski definition) is 4. The summed E-state index contributed by atoms with van der Waals surface area (Å²) in [5, 5.41) is 10.7. The number of hydrogen-bond donors (Lipinski definition) is 2. The summed E-state index contributed by atoms with van der Waals surface area (Å²) < 4.78 is 1.82. The van der Waals surface area contributed by atoms with Crippen molar-refractivity contribution < 1.29 is 4.79 Å². The number of rotatable bonds is 4. The first-order chi connectivity index (χ1) is 13.2. The van der Waals surface area contributed by atoms with E-state index in [0.29, 0.717) is 5.95 Å². The monoisotopic (exact) mass is 361 g/mol. The number of fused-ring (bicyclic) bond motifs is 1. The normalized spacial score (nSPS) is 21.2. The van der Waals surface area contributed by atoms with E-state index < -0.39 is 0 Å². The number of amides is 1. The van der Waals surface area contributed by atoms with E-state index in [1.807, 2.05) is 41.9 Å². The molecule has 2 N–H and O–H groups in total. The first-order valence-corrected chi connectivity index (χ1v) is 9.28. The molecule has 0 radical (unpaired) electrons. The maximum atomic E-state index is 13.2. The van der Waals surface area contributed by atoms with Crippen LogP contribution in [0, 0.1) is 5.92 Å². The molecular weight excluding hydrogens is 338 g/mol. The van der Waals surface area contributed by atoms with Crippen molar-refractivity contribution in [3.8, 4) is 0 Å². The van der Waals surface area contributed by atoms with E-state index in [1.165, 1.54) is 11.9 Å². The van der Waals surface area contributed by atoms with Gasteiger partial charge in [0.05, 0.1) is 12.0 Å². The fraction of sp³-hybridized carbons (Fsp3) is 0.286. The molecule has 4 rings (SSSR count). The van der Waals surface area contributed by atoms with Crippen LogP contribution < -0.4 is 10.6 Å². The zero-order chi connectivity index (χ0) is 18.8. The lowest BCUT2D eigenvalue weighted by Crippen LogP contribution is -2.46. The third-order valence-corrected chi connectivity index (χ3v) is 5.15. The third kappa shape index (κ3) is 3.30. The van der Waals surface area contributed by atoms with Crippen molar-refractivity contribution in [2.75, 3.05) is 10.6 Å². The Labute approximate surface area is 158 Å². The number of para-hydroxylation sites is 1. The van der Waals surface area contributed by atoms with Gasteiger partial charge in [-0.05, 0) is 36.6 Å². The van der Waals surface area contributed by atoms with Crippen LogP contribution in [0.15, 0.2) is 60.9 Å². The lowest BCUT2D eigenvalue weighted by atomic mass is 9.85. The minimum Gasteiger partial charge on any atom is -0.351 e. The molecule has 0 spiro atoms. The highest BCUT2D eigenvalue weighted by molar-refractivity contribution is 5.94. The van der Waals surface area contributed by atoms with E-state index in [0.717, 1.165) is 17.7 Å². The van der Waals surface area contributed by atoms with E-state index >= 15 is 0 Å². The summed E-state index contributed by atoms with van der Waals surface area (Å²) in [4.78, 5) is 17.5. The van der Waals surface area contributed by atoms with Crippen molar-refractivity contribution in [2.45, 2.75) is 32.4 Å². The predicted molar refractivity (Wildman–Crippen MR) is 106 cm³/mol. The summed E-state index contributed by atoms with van der Waals surface area (Å²) in [6.45, 7) is 4.15. The molecule has 27 heavy (non-hydrogen) atoms. The predicted octanol–water partition coefficient (Wildman–Crippen LogP) is 3.50. The van der Waals surface area contributed by atoms with Crippen LogP contribution in [-0.4, -0.2) is 26.7 Å². The number of nitrogens with one attached hydrogen (secondary N) is 2. The molecule has 3 unspecified atom stereocenters. The van der Waals surface area contributed by atoms with E-state index in [9.17, 15) is 4.79 Å². The average molecular weight is 361 g/mol. The standard InChI is InChI=1S/C21H23N5O/c1-3-15-9-11-16(12-10-15)19-18(14(2)24-21-22-13-23-26(19)21)20(27)25-17-7-5-4-6-8-17/h4-14,18-19H,3H2,1-2H3,(H,25,27)(H,22,23,24). The highest BCUT2D eigenvalue weighted by Crippen LogP contribution is 2.36. The summed E-state index contributed by atoms with van der Waals surface area (Å²) >= 11 is 0. The summed E-state index contributed by atoms with van der Waals surface area (Å²) in [6, 6.07) is 17.7. The Hall–Kier alpha value is -3.15. The Morgan fingerprint density at radius 1 is 1.15 bits per heavy atom. The Kier molecular flexibility index (Phi) is 4.62. The highest BCUT2D eigenvalue weighted by atomic mass is 16.2. The average Bonchev–Trinajstić information content (AvgIpc) is 3.15. The van der Waals surface area contributed by atoms with Crippen molar-refractivity contribution in [1.29, 1.82) is 0 Å². The number of aryl methyl sites for hydroxylation is 1. The molecule has 6 nitrogen and oxygen atoms in total. The molecule has 3 atom stereocenters. The number of anilines is 2. The van der Waals surface area contributed by atoms with E-state index in [1.54, 1.807) is 0 Å². The van der Waals surface area contributed by atoms with Gasteiger partial charge in [0, 0.05) is 11.7 Å². The number of aromatic nitrogens is 3. The van der Waals surface area contributed by atoms with Crippen LogP contribution in [0.4, 0.5) is 11.6 Å². The van der Waals surface area contributed by atoms with Crippen molar-refractivity contribution in [2.24, 2.45) is 5.92 Å². The second-order valence-electron chi connectivity index (χ2n) is 6.88. The highest BCUT2D eigenvalue weighted by Gasteiger charge is 2.41. The van der Waals surface area contributed by atoms with Gasteiger partial charge in [-0.15, -0.1) is 0 Å². The molecule has 3 aromatic rings. The molecule has 2 heterocycles. The lowest BCUT2D eigenvalue weighted by molar-refractivity contribution is -0.121. The molecule has 6 heteroatoms. The van der Waals surface area contributed by atoms with Crippen LogP contribution in [-0.2, 0) is 11.2 Å². The van der Waals surface area contributed by atoms with Crippen LogP contribution in [0.5, 0.6) is 0 Å². The van der Waals surface area contributed by atoms with Crippen molar-refractivity contribution in [3.05, 3.63) is 72.1 Å². The molecule has 2 aromatic carbocycles. The quantitative estimate of drug-likeness (QED) is 0.746. The van der Waals surface area contributed by atoms with Gasteiger partial charge in [-0.25, -0.2) is 4.68 Å². The van der Waals surface area contributed by atoms with Crippen LogP contribution in [0.3, 0.4) is 0 Å². The Morgan fingerprint density at radius 2 is 1.89 bits per heavy atom. The van der Waals surface area contributed by atoms with Crippen LogP contribution in [0.1, 0.15) is 31.0 Å². The molecule has 0 fully saturated rings. The third-order valence-electron chi connectivity index (χ3n) is 5.15. The zero-order valence-corrected chi connectivity index (χ0v) is 15.5. The van der Waals surface area contributed by atoms with Crippen LogP contribution in [0.25, 0.3) is 0 Å². The minimum absolute atomic E-state index is 0.0353. The van der Waals surface area contributed by atoms with Gasteiger partial charge >= 0.3 is 0 Å².